The first kappa shape index (κ1) is 37.5. The minimum absolute atomic E-state index is 1.11. The summed E-state index contributed by atoms with van der Waals surface area (Å²) < 4.78 is 4.87. The fraction of sp³-hybridized carbons (Fsp3) is 0. The number of nitrogens with zero attached hydrogens (tertiary/aromatic N) is 3. The van der Waals surface area contributed by atoms with Crippen LogP contribution in [0.3, 0.4) is 0 Å². The molecule has 0 saturated carbocycles. The van der Waals surface area contributed by atoms with Gasteiger partial charge in [0.15, 0.2) is 0 Å². The van der Waals surface area contributed by atoms with Gasteiger partial charge in [0, 0.05) is 49.6 Å². The Balaban J connectivity index is 1.02. The first-order valence-electron chi connectivity index (χ1n) is 23.1. The number of anilines is 3. The van der Waals surface area contributed by atoms with E-state index in [1.807, 2.05) is 0 Å². The van der Waals surface area contributed by atoms with Crippen molar-refractivity contribution in [2.75, 3.05) is 4.90 Å². The maximum Gasteiger partial charge on any atom is 0.0562 e. The van der Waals surface area contributed by atoms with E-state index in [0.717, 1.165) is 28.3 Å². The number of aromatic nitrogens is 2. The van der Waals surface area contributed by atoms with E-state index < -0.39 is 0 Å². The summed E-state index contributed by atoms with van der Waals surface area (Å²) in [4.78, 5) is 2.50. The fourth-order valence-corrected chi connectivity index (χ4v) is 11.0. The zero-order valence-corrected chi connectivity index (χ0v) is 36.5. The molecular weight excluding hydrogens is 811 g/mol. The third kappa shape index (κ3) is 5.85. The number of hydrogen-bond acceptors (Lipinski definition) is 1. The largest absolute Gasteiger partial charge is 0.309 e. The molecule has 0 bridgehead atoms. The Bertz CT molecular complexity index is 3970. The molecule has 0 atom stereocenters. The van der Waals surface area contributed by atoms with E-state index in [-0.39, 0.29) is 0 Å². The molecule has 67 heavy (non-hydrogen) atoms. The maximum absolute atomic E-state index is 2.50. The van der Waals surface area contributed by atoms with E-state index in [0.29, 0.717) is 0 Å². The van der Waals surface area contributed by atoms with E-state index in [4.69, 9.17) is 0 Å². The molecule has 3 heterocycles. The van der Waals surface area contributed by atoms with Gasteiger partial charge in [-0.15, -0.1) is 0 Å². The second-order valence-electron chi connectivity index (χ2n) is 17.7. The molecule has 1 aliphatic rings. The first-order valence-corrected chi connectivity index (χ1v) is 23.1. The van der Waals surface area contributed by atoms with Crippen LogP contribution in [0, 0.1) is 0 Å². The van der Waals surface area contributed by atoms with Gasteiger partial charge in [0.2, 0.25) is 0 Å². The molecule has 11 aromatic carbocycles. The van der Waals surface area contributed by atoms with Crippen molar-refractivity contribution in [2.45, 2.75) is 0 Å². The lowest BCUT2D eigenvalue weighted by molar-refractivity contribution is 1.17. The minimum Gasteiger partial charge on any atom is -0.309 e. The van der Waals surface area contributed by atoms with Crippen molar-refractivity contribution < 1.29 is 0 Å². The van der Waals surface area contributed by atoms with Crippen LogP contribution < -0.4 is 4.90 Å². The molecule has 14 rings (SSSR count). The predicted octanol–water partition coefficient (Wildman–Crippen LogP) is 17.5. The molecule has 0 N–H and O–H groups in total. The van der Waals surface area contributed by atoms with Crippen LogP contribution in [0.15, 0.2) is 249 Å². The Kier molecular flexibility index (Phi) is 8.28. The quantitative estimate of drug-likeness (QED) is 0.162. The van der Waals surface area contributed by atoms with E-state index in [1.165, 1.54) is 99.1 Å². The summed E-state index contributed by atoms with van der Waals surface area (Å²) >= 11 is 0. The first-order chi connectivity index (χ1) is 33.2. The van der Waals surface area contributed by atoms with Gasteiger partial charge in [-0.25, -0.2) is 0 Å². The molecule has 13 aromatic rings. The van der Waals surface area contributed by atoms with Crippen molar-refractivity contribution in [3.63, 3.8) is 0 Å². The summed E-state index contributed by atoms with van der Waals surface area (Å²) in [5, 5.41) is 7.44. The Morgan fingerprint density at radius 3 is 1.45 bits per heavy atom. The lowest BCUT2D eigenvalue weighted by atomic mass is 9.89. The standard InChI is InChI=1S/C64H41N3/c1-4-17-42(18-5-1)46-35-47(43-19-6-2-7-20-43)37-48(36-46)45-33-34-60-55(38-45)57-40-56-54-29-14-21-44-22-15-32-61(64(44)54)67(62(56)41-63(57)65(60)49-23-8-3-9-24-49)51-26-16-25-50(39-51)66-58-30-12-10-27-52(58)53-28-11-13-31-59(53)66/h1-41H. The van der Waals surface area contributed by atoms with E-state index in [9.17, 15) is 0 Å². The average molecular weight is 852 g/mol. The zero-order valence-electron chi connectivity index (χ0n) is 36.5. The summed E-state index contributed by atoms with van der Waals surface area (Å²) in [6.07, 6.45) is 0. The molecular formula is C64H41N3. The highest BCUT2D eigenvalue weighted by molar-refractivity contribution is 6.19. The Hall–Kier alpha value is -8.92. The summed E-state index contributed by atoms with van der Waals surface area (Å²) in [6, 6.07) is 91.4. The molecule has 0 aliphatic carbocycles. The van der Waals surface area contributed by atoms with Crippen LogP contribution in [-0.2, 0) is 0 Å². The van der Waals surface area contributed by atoms with Gasteiger partial charge in [-0.1, -0.05) is 158 Å². The van der Waals surface area contributed by atoms with E-state index >= 15 is 0 Å². The van der Waals surface area contributed by atoms with E-state index in [2.05, 4.69) is 263 Å². The van der Waals surface area contributed by atoms with Crippen molar-refractivity contribution in [1.29, 1.82) is 0 Å². The molecule has 312 valence electrons. The number of fused-ring (bicyclic) bond motifs is 8. The SMILES string of the molecule is c1ccc(-c2cc(-c3ccccc3)cc(-c3ccc4c(c3)c3cc5c(cc3n4-c3ccccc3)N(c3cccc(-n4c6ccccc6c6ccccc64)c3)c3cccc4cccc-5c34)c2)cc1. The summed E-state index contributed by atoms with van der Waals surface area (Å²) in [5.41, 5.74) is 20.1. The molecule has 0 spiro atoms. The van der Waals surface area contributed by atoms with Crippen LogP contribution in [-0.4, -0.2) is 9.13 Å². The van der Waals surface area contributed by atoms with Crippen molar-refractivity contribution >= 4 is 71.4 Å². The molecule has 1 aliphatic heterocycles. The molecule has 3 nitrogen and oxygen atoms in total. The summed E-state index contributed by atoms with van der Waals surface area (Å²) in [7, 11) is 0. The Morgan fingerprint density at radius 2 is 0.761 bits per heavy atom. The zero-order chi connectivity index (χ0) is 44.0. The van der Waals surface area contributed by atoms with Crippen molar-refractivity contribution in [3.05, 3.63) is 249 Å². The molecule has 0 unspecified atom stereocenters. The van der Waals surface area contributed by atoms with Gasteiger partial charge < -0.3 is 14.0 Å². The third-order valence-corrected chi connectivity index (χ3v) is 14.0. The lowest BCUT2D eigenvalue weighted by Gasteiger charge is -2.34. The van der Waals surface area contributed by atoms with Crippen molar-refractivity contribution in [3.8, 4) is 55.9 Å². The average Bonchev–Trinajstić information content (AvgIpc) is 3.91. The van der Waals surface area contributed by atoms with Crippen LogP contribution in [0.25, 0.3) is 110 Å². The minimum atomic E-state index is 1.11. The number of para-hydroxylation sites is 3. The van der Waals surface area contributed by atoms with Crippen LogP contribution in [0.2, 0.25) is 0 Å². The normalized spacial score (nSPS) is 12.1. The van der Waals surface area contributed by atoms with Gasteiger partial charge in [0.1, 0.15) is 0 Å². The lowest BCUT2D eigenvalue weighted by Crippen LogP contribution is -2.15. The fourth-order valence-electron chi connectivity index (χ4n) is 11.0. The molecule has 3 heteroatoms. The van der Waals surface area contributed by atoms with Crippen LogP contribution in [0.4, 0.5) is 17.1 Å². The molecule has 2 aromatic heterocycles. The smallest absolute Gasteiger partial charge is 0.0562 e. The Morgan fingerprint density at radius 1 is 0.239 bits per heavy atom. The third-order valence-electron chi connectivity index (χ3n) is 14.0. The topological polar surface area (TPSA) is 13.1 Å². The molecule has 0 amide bonds. The van der Waals surface area contributed by atoms with Crippen LogP contribution >= 0.6 is 0 Å². The second kappa shape index (κ2) is 14.8. The van der Waals surface area contributed by atoms with Crippen molar-refractivity contribution in [1.82, 2.24) is 9.13 Å². The van der Waals surface area contributed by atoms with Gasteiger partial charge in [0.25, 0.3) is 0 Å². The van der Waals surface area contributed by atoms with E-state index in [1.54, 1.807) is 0 Å². The molecule has 0 radical (unpaired) electrons. The highest BCUT2D eigenvalue weighted by Crippen LogP contribution is 2.53. The van der Waals surface area contributed by atoms with Crippen LogP contribution in [0.5, 0.6) is 0 Å². The highest BCUT2D eigenvalue weighted by Gasteiger charge is 2.29. The van der Waals surface area contributed by atoms with Crippen LogP contribution in [0.1, 0.15) is 0 Å². The molecule has 0 saturated heterocycles. The van der Waals surface area contributed by atoms with Gasteiger partial charge in [-0.3, -0.25) is 0 Å². The highest BCUT2D eigenvalue weighted by atomic mass is 15.2. The summed E-state index contributed by atoms with van der Waals surface area (Å²) in [5.74, 6) is 0. The summed E-state index contributed by atoms with van der Waals surface area (Å²) in [6.45, 7) is 0. The van der Waals surface area contributed by atoms with Gasteiger partial charge in [-0.05, 0) is 135 Å². The van der Waals surface area contributed by atoms with Gasteiger partial charge in [-0.2, -0.15) is 0 Å². The van der Waals surface area contributed by atoms with Gasteiger partial charge >= 0.3 is 0 Å². The number of rotatable bonds is 6. The second-order valence-corrected chi connectivity index (χ2v) is 17.7. The Labute approximate surface area is 388 Å². The monoisotopic (exact) mass is 851 g/mol. The number of benzene rings is 11. The van der Waals surface area contributed by atoms with Gasteiger partial charge in [0.05, 0.1) is 33.4 Å². The maximum atomic E-state index is 2.50. The predicted molar refractivity (Wildman–Crippen MR) is 283 cm³/mol. The number of hydrogen-bond donors (Lipinski definition) is 0. The molecule has 0 fully saturated rings. The van der Waals surface area contributed by atoms with Crippen molar-refractivity contribution in [2.24, 2.45) is 0 Å².